The molecule has 3 N–H and O–H groups in total. The molecule has 1 aromatic carbocycles. The van der Waals surface area contributed by atoms with Gasteiger partial charge in [0.25, 0.3) is 0 Å². The lowest BCUT2D eigenvalue weighted by Crippen LogP contribution is -2.13. The fourth-order valence-corrected chi connectivity index (χ4v) is 2.22. The van der Waals surface area contributed by atoms with Gasteiger partial charge in [0, 0.05) is 11.6 Å². The molecule has 0 saturated heterocycles. The van der Waals surface area contributed by atoms with E-state index in [0.29, 0.717) is 0 Å². The molecule has 0 spiro atoms. The summed E-state index contributed by atoms with van der Waals surface area (Å²) in [5, 5.41) is 28.0. The minimum absolute atomic E-state index is 0.127. The van der Waals surface area contributed by atoms with Gasteiger partial charge in [0.15, 0.2) is 0 Å². The highest BCUT2D eigenvalue weighted by Gasteiger charge is 2.24. The number of rotatable bonds is 4. The second-order valence-corrected chi connectivity index (χ2v) is 4.64. The number of ether oxygens (including phenoxy) is 1. The summed E-state index contributed by atoms with van der Waals surface area (Å²) < 4.78 is 9.61. The first-order chi connectivity index (χ1) is 10.8. The van der Waals surface area contributed by atoms with Gasteiger partial charge in [0.05, 0.1) is 12.7 Å². The molecule has 0 bridgehead atoms. The minimum atomic E-state index is -1.43. The molecule has 1 aromatic heterocycles. The van der Waals surface area contributed by atoms with Gasteiger partial charge in [0.2, 0.25) is 5.76 Å². The van der Waals surface area contributed by atoms with Gasteiger partial charge in [-0.25, -0.2) is 14.4 Å². The molecular formula is C15H12O8. The second kappa shape index (κ2) is 5.84. The van der Waals surface area contributed by atoms with Crippen LogP contribution in [0.2, 0.25) is 0 Å². The number of benzene rings is 1. The number of hydrogen-bond acceptors (Lipinski definition) is 6. The maximum Gasteiger partial charge on any atom is 0.371 e. The van der Waals surface area contributed by atoms with Crippen LogP contribution in [-0.4, -0.2) is 34.4 Å². The summed E-state index contributed by atoms with van der Waals surface area (Å²) in [7, 11) is 1.22. The number of hydrogen-bond donors (Lipinski definition) is 3. The fourth-order valence-electron chi connectivity index (χ4n) is 2.22. The lowest BCUT2D eigenvalue weighted by Gasteiger charge is -2.12. The van der Waals surface area contributed by atoms with E-state index in [-0.39, 0.29) is 33.8 Å². The predicted octanol–water partition coefficient (Wildman–Crippen LogP) is 1.73. The standard InChI is InChI=1S/C15H12O8/c1-6-3-10(13(17)18)23-15(21)11(6)8-4-7(16)5-9(22-2)12(8)14(19)20/h3-5,16H,1-2H3,(H,17,18)(H,19,20). The van der Waals surface area contributed by atoms with Crippen LogP contribution in [0.1, 0.15) is 26.5 Å². The Bertz CT molecular complexity index is 863. The van der Waals surface area contributed by atoms with E-state index in [1.54, 1.807) is 0 Å². The van der Waals surface area contributed by atoms with E-state index in [2.05, 4.69) is 4.42 Å². The zero-order valence-corrected chi connectivity index (χ0v) is 12.1. The number of phenolic OH excluding ortho intramolecular Hbond substituents is 1. The van der Waals surface area contributed by atoms with Crippen LogP contribution in [-0.2, 0) is 0 Å². The summed E-state index contributed by atoms with van der Waals surface area (Å²) in [6, 6.07) is 3.27. The molecule has 2 aromatic rings. The molecule has 0 atom stereocenters. The van der Waals surface area contributed by atoms with Crippen molar-refractivity contribution in [3.05, 3.63) is 45.5 Å². The van der Waals surface area contributed by atoms with Crippen molar-refractivity contribution < 1.29 is 34.1 Å². The molecule has 8 heteroatoms. The molecule has 0 amide bonds. The zero-order valence-electron chi connectivity index (χ0n) is 12.1. The van der Waals surface area contributed by atoms with Crippen molar-refractivity contribution in [3.8, 4) is 22.6 Å². The van der Waals surface area contributed by atoms with Gasteiger partial charge in [0.1, 0.15) is 17.1 Å². The number of carboxylic acids is 2. The molecule has 120 valence electrons. The highest BCUT2D eigenvalue weighted by molar-refractivity contribution is 6.00. The van der Waals surface area contributed by atoms with Gasteiger partial charge in [-0.2, -0.15) is 0 Å². The molecule has 1 heterocycles. The molecule has 23 heavy (non-hydrogen) atoms. The number of phenols is 1. The first-order valence-electron chi connectivity index (χ1n) is 6.29. The van der Waals surface area contributed by atoms with E-state index in [0.717, 1.165) is 18.2 Å². The maximum atomic E-state index is 12.1. The molecule has 0 saturated carbocycles. The van der Waals surface area contributed by atoms with Crippen LogP contribution >= 0.6 is 0 Å². The molecule has 0 aliphatic carbocycles. The summed E-state index contributed by atoms with van der Waals surface area (Å²) >= 11 is 0. The molecular weight excluding hydrogens is 308 g/mol. The van der Waals surface area contributed by atoms with E-state index < -0.39 is 23.3 Å². The predicted molar refractivity (Wildman–Crippen MR) is 77.3 cm³/mol. The second-order valence-electron chi connectivity index (χ2n) is 4.64. The molecule has 2 rings (SSSR count). The van der Waals surface area contributed by atoms with Crippen molar-refractivity contribution in [2.75, 3.05) is 7.11 Å². The average Bonchev–Trinajstić information content (AvgIpc) is 2.45. The molecule has 8 nitrogen and oxygen atoms in total. The maximum absolute atomic E-state index is 12.1. The van der Waals surface area contributed by atoms with E-state index in [1.165, 1.54) is 14.0 Å². The van der Waals surface area contributed by atoms with Crippen molar-refractivity contribution >= 4 is 11.9 Å². The average molecular weight is 320 g/mol. The fraction of sp³-hybridized carbons (Fsp3) is 0.133. The van der Waals surface area contributed by atoms with Crippen LogP contribution in [0.5, 0.6) is 11.5 Å². The number of methoxy groups -OCH3 is 1. The van der Waals surface area contributed by atoms with Gasteiger partial charge in [-0.05, 0) is 24.6 Å². The monoisotopic (exact) mass is 320 g/mol. The lowest BCUT2D eigenvalue weighted by molar-refractivity contribution is 0.0653. The third kappa shape index (κ3) is 2.86. The van der Waals surface area contributed by atoms with Crippen LogP contribution in [0.25, 0.3) is 11.1 Å². The molecule has 0 unspecified atom stereocenters. The van der Waals surface area contributed by atoms with E-state index >= 15 is 0 Å². The lowest BCUT2D eigenvalue weighted by atomic mass is 9.96. The Morgan fingerprint density at radius 3 is 2.26 bits per heavy atom. The van der Waals surface area contributed by atoms with Gasteiger partial charge in [-0.3, -0.25) is 0 Å². The SMILES string of the molecule is COc1cc(O)cc(-c2c(C)cc(C(=O)O)oc2=O)c1C(=O)O. The van der Waals surface area contributed by atoms with Gasteiger partial charge in [-0.15, -0.1) is 0 Å². The van der Waals surface area contributed by atoms with Crippen molar-refractivity contribution in [2.45, 2.75) is 6.92 Å². The summed E-state index contributed by atoms with van der Waals surface area (Å²) in [6.07, 6.45) is 0. The Morgan fingerprint density at radius 1 is 1.13 bits per heavy atom. The summed E-state index contributed by atoms with van der Waals surface area (Å²) in [5.74, 6) is -3.83. The van der Waals surface area contributed by atoms with Crippen LogP contribution in [0.3, 0.4) is 0 Å². The Hall–Kier alpha value is -3.29. The number of aryl methyl sites for hydroxylation is 1. The number of aromatic hydroxyl groups is 1. The minimum Gasteiger partial charge on any atom is -0.508 e. The Kier molecular flexibility index (Phi) is 4.08. The Labute approximate surface area is 129 Å². The summed E-state index contributed by atoms with van der Waals surface area (Å²) in [4.78, 5) is 34.5. The van der Waals surface area contributed by atoms with Crippen molar-refractivity contribution in [1.82, 2.24) is 0 Å². The van der Waals surface area contributed by atoms with E-state index in [9.17, 15) is 24.6 Å². The molecule has 0 radical (unpaired) electrons. The third-order valence-corrected chi connectivity index (χ3v) is 3.15. The highest BCUT2D eigenvalue weighted by Crippen LogP contribution is 2.35. The van der Waals surface area contributed by atoms with Crippen molar-refractivity contribution in [2.24, 2.45) is 0 Å². The van der Waals surface area contributed by atoms with Crippen LogP contribution in [0.4, 0.5) is 0 Å². The summed E-state index contributed by atoms with van der Waals surface area (Å²) in [5.41, 5.74) is -1.48. The van der Waals surface area contributed by atoms with Crippen molar-refractivity contribution in [3.63, 3.8) is 0 Å². The quantitative estimate of drug-likeness (QED) is 0.775. The molecule has 0 aliphatic rings. The normalized spacial score (nSPS) is 10.3. The van der Waals surface area contributed by atoms with Crippen molar-refractivity contribution in [1.29, 1.82) is 0 Å². The first kappa shape index (κ1) is 16.1. The Morgan fingerprint density at radius 2 is 1.78 bits per heavy atom. The van der Waals surface area contributed by atoms with Gasteiger partial charge >= 0.3 is 17.6 Å². The summed E-state index contributed by atoms with van der Waals surface area (Å²) in [6.45, 7) is 1.43. The number of aromatic carboxylic acids is 2. The number of carbonyl (C=O) groups is 2. The number of carboxylic acid groups (broad SMARTS) is 2. The van der Waals surface area contributed by atoms with E-state index in [4.69, 9.17) is 9.84 Å². The van der Waals surface area contributed by atoms with E-state index in [1.807, 2.05) is 0 Å². The van der Waals surface area contributed by atoms with Crippen LogP contribution in [0.15, 0.2) is 27.4 Å². The topological polar surface area (TPSA) is 134 Å². The first-order valence-corrected chi connectivity index (χ1v) is 6.29. The molecule has 0 aliphatic heterocycles. The van der Waals surface area contributed by atoms with Gasteiger partial charge in [-0.1, -0.05) is 0 Å². The van der Waals surface area contributed by atoms with Crippen LogP contribution in [0, 0.1) is 6.92 Å². The van der Waals surface area contributed by atoms with Gasteiger partial charge < -0.3 is 24.5 Å². The molecule has 0 fully saturated rings. The van der Waals surface area contributed by atoms with Crippen LogP contribution < -0.4 is 10.4 Å². The Balaban J connectivity index is 2.87. The largest absolute Gasteiger partial charge is 0.508 e. The highest BCUT2D eigenvalue weighted by atomic mass is 16.5. The smallest absolute Gasteiger partial charge is 0.371 e. The third-order valence-electron chi connectivity index (χ3n) is 3.15. The zero-order chi connectivity index (χ0) is 17.3.